The molecule has 8 nitrogen and oxygen atoms in total. The number of aryl methyl sites for hydroxylation is 1. The number of hydrogen-bond donors (Lipinski definition) is 2. The van der Waals surface area contributed by atoms with Gasteiger partial charge in [-0.2, -0.15) is 0 Å². The van der Waals surface area contributed by atoms with Crippen LogP contribution in [0.1, 0.15) is 56.3 Å². The van der Waals surface area contributed by atoms with Crippen LogP contribution in [-0.4, -0.2) is 31.8 Å². The fourth-order valence-corrected chi connectivity index (χ4v) is 5.42. The van der Waals surface area contributed by atoms with Crippen molar-refractivity contribution in [2.24, 2.45) is 11.3 Å². The first-order valence-electron chi connectivity index (χ1n) is 13.5. The second-order valence-corrected chi connectivity index (χ2v) is 12.2. The van der Waals surface area contributed by atoms with Crippen molar-refractivity contribution >= 4 is 45.5 Å². The number of hydrogen-bond acceptors (Lipinski definition) is 5. The molecule has 1 aromatic heterocycles. The van der Waals surface area contributed by atoms with E-state index in [1.165, 1.54) is 0 Å². The second kappa shape index (κ2) is 12.2. The SMILES string of the molecule is Cc1c(C(=O)Nc2ccc(-c3ccc(N(C(C(=O)O)C(C)C)S(=O)[O-])cc3)cc2)oc2cccc(C#CC(C)(C)C)c12. The molecule has 9 heteroatoms. The summed E-state index contributed by atoms with van der Waals surface area (Å²) in [6.45, 7) is 11.3. The Morgan fingerprint density at radius 3 is 2.12 bits per heavy atom. The first-order valence-corrected chi connectivity index (χ1v) is 14.5. The van der Waals surface area contributed by atoms with Gasteiger partial charge in [0, 0.05) is 44.6 Å². The van der Waals surface area contributed by atoms with Crippen molar-refractivity contribution in [3.05, 3.63) is 83.6 Å². The average molecular weight is 586 g/mol. The molecule has 2 N–H and O–H groups in total. The predicted octanol–water partition coefficient (Wildman–Crippen LogP) is 6.77. The summed E-state index contributed by atoms with van der Waals surface area (Å²) in [4.78, 5) is 24.9. The zero-order valence-corrected chi connectivity index (χ0v) is 25.2. The highest BCUT2D eigenvalue weighted by Crippen LogP contribution is 2.30. The second-order valence-electron chi connectivity index (χ2n) is 11.4. The maximum Gasteiger partial charge on any atom is 0.327 e. The lowest BCUT2D eigenvalue weighted by Crippen LogP contribution is -2.45. The Kier molecular flexibility index (Phi) is 8.90. The highest BCUT2D eigenvalue weighted by molar-refractivity contribution is 7.80. The Morgan fingerprint density at radius 1 is 1.00 bits per heavy atom. The number of fused-ring (bicyclic) bond motifs is 1. The zero-order chi connectivity index (χ0) is 30.8. The van der Waals surface area contributed by atoms with Crippen LogP contribution in [0.4, 0.5) is 11.4 Å². The van der Waals surface area contributed by atoms with Gasteiger partial charge in [0.25, 0.3) is 5.91 Å². The van der Waals surface area contributed by atoms with E-state index >= 15 is 0 Å². The van der Waals surface area contributed by atoms with E-state index in [-0.39, 0.29) is 22.8 Å². The van der Waals surface area contributed by atoms with Crippen molar-refractivity contribution in [3.63, 3.8) is 0 Å². The fraction of sp³-hybridized carbons (Fsp3) is 0.273. The average Bonchev–Trinajstić information content (AvgIpc) is 3.27. The lowest BCUT2D eigenvalue weighted by Gasteiger charge is -2.34. The molecule has 0 spiro atoms. The van der Waals surface area contributed by atoms with E-state index in [1.54, 1.807) is 50.2 Å². The van der Waals surface area contributed by atoms with Crippen molar-refractivity contribution in [2.75, 3.05) is 9.62 Å². The van der Waals surface area contributed by atoms with E-state index in [1.807, 2.05) is 58.0 Å². The number of aliphatic carboxylic acids is 1. The van der Waals surface area contributed by atoms with Gasteiger partial charge in [-0.3, -0.25) is 13.3 Å². The van der Waals surface area contributed by atoms with Crippen LogP contribution in [0.5, 0.6) is 0 Å². The van der Waals surface area contributed by atoms with Gasteiger partial charge in [0.15, 0.2) is 5.76 Å². The number of nitrogens with one attached hydrogen (secondary N) is 1. The van der Waals surface area contributed by atoms with Gasteiger partial charge in [0.2, 0.25) is 0 Å². The summed E-state index contributed by atoms with van der Waals surface area (Å²) in [7, 11) is 0. The highest BCUT2D eigenvalue weighted by atomic mass is 32.2. The molecule has 1 heterocycles. The topological polar surface area (TPSA) is 123 Å². The van der Waals surface area contributed by atoms with Gasteiger partial charge < -0.3 is 19.4 Å². The molecular weight excluding hydrogens is 552 g/mol. The van der Waals surface area contributed by atoms with Crippen LogP contribution in [0.25, 0.3) is 22.1 Å². The van der Waals surface area contributed by atoms with E-state index in [9.17, 15) is 23.5 Å². The van der Waals surface area contributed by atoms with E-state index in [0.29, 0.717) is 16.8 Å². The maximum absolute atomic E-state index is 13.2. The smallest absolute Gasteiger partial charge is 0.327 e. The third-order valence-electron chi connectivity index (χ3n) is 6.63. The van der Waals surface area contributed by atoms with Crippen molar-refractivity contribution in [2.45, 2.75) is 47.6 Å². The lowest BCUT2D eigenvalue weighted by atomic mass is 9.96. The summed E-state index contributed by atoms with van der Waals surface area (Å²) in [5.41, 5.74) is 4.41. The van der Waals surface area contributed by atoms with E-state index in [0.717, 1.165) is 26.4 Å². The first kappa shape index (κ1) is 30.6. The van der Waals surface area contributed by atoms with Crippen molar-refractivity contribution in [3.8, 4) is 23.0 Å². The molecule has 4 rings (SSSR count). The molecule has 0 aliphatic carbocycles. The summed E-state index contributed by atoms with van der Waals surface area (Å²) in [6, 6.07) is 18.1. The number of anilines is 2. The molecule has 3 aromatic carbocycles. The molecule has 4 aromatic rings. The molecule has 0 bridgehead atoms. The van der Waals surface area contributed by atoms with Gasteiger partial charge in [0.05, 0.1) is 0 Å². The van der Waals surface area contributed by atoms with Crippen LogP contribution in [0.3, 0.4) is 0 Å². The molecule has 218 valence electrons. The molecule has 0 saturated heterocycles. The van der Waals surface area contributed by atoms with Gasteiger partial charge in [0.1, 0.15) is 11.6 Å². The zero-order valence-electron chi connectivity index (χ0n) is 24.3. The van der Waals surface area contributed by atoms with E-state index < -0.39 is 29.2 Å². The number of carbonyl (C=O) groups is 2. The number of carboxylic acid groups (broad SMARTS) is 1. The molecule has 0 aliphatic heterocycles. The largest absolute Gasteiger partial charge is 0.755 e. The quantitative estimate of drug-likeness (QED) is 0.174. The molecule has 0 saturated carbocycles. The number of benzene rings is 3. The fourth-order valence-electron chi connectivity index (χ4n) is 4.61. The molecule has 2 unspecified atom stereocenters. The summed E-state index contributed by atoms with van der Waals surface area (Å²) in [5, 5.41) is 13.3. The Labute approximate surface area is 248 Å². The summed E-state index contributed by atoms with van der Waals surface area (Å²) in [5.74, 6) is 4.65. The molecule has 2 atom stereocenters. The van der Waals surface area contributed by atoms with Crippen LogP contribution in [-0.2, 0) is 16.1 Å². The minimum atomic E-state index is -2.77. The third kappa shape index (κ3) is 6.73. The normalized spacial score (nSPS) is 12.9. The molecule has 0 radical (unpaired) electrons. The number of nitrogens with zero attached hydrogens (tertiary/aromatic N) is 1. The van der Waals surface area contributed by atoms with Crippen LogP contribution < -0.4 is 9.62 Å². The van der Waals surface area contributed by atoms with Crippen LogP contribution >= 0.6 is 0 Å². The number of rotatable bonds is 8. The van der Waals surface area contributed by atoms with Crippen molar-refractivity contribution in [1.29, 1.82) is 0 Å². The summed E-state index contributed by atoms with van der Waals surface area (Å²) < 4.78 is 30.6. The van der Waals surface area contributed by atoms with Gasteiger partial charge in [-0.1, -0.05) is 56.0 Å². The van der Waals surface area contributed by atoms with Gasteiger partial charge in [-0.15, -0.1) is 0 Å². The van der Waals surface area contributed by atoms with Gasteiger partial charge >= 0.3 is 5.97 Å². The van der Waals surface area contributed by atoms with Crippen LogP contribution in [0.15, 0.2) is 71.1 Å². The van der Waals surface area contributed by atoms with Crippen LogP contribution in [0, 0.1) is 30.1 Å². The monoisotopic (exact) mass is 585 g/mol. The van der Waals surface area contributed by atoms with Gasteiger partial charge in [-0.05, 0) is 81.1 Å². The molecule has 42 heavy (non-hydrogen) atoms. The number of carboxylic acids is 1. The molecule has 1 amide bonds. The van der Waals surface area contributed by atoms with Crippen molar-refractivity contribution in [1.82, 2.24) is 0 Å². The molecule has 0 fully saturated rings. The standard InChI is InChI=1S/C33H34N2O6S/c1-20(2)29(32(37)38)35(42(39)40)26-16-12-23(13-17-26)22-10-14-25(15-11-22)34-31(36)30-21(3)28-24(18-19-33(4,5)6)8-7-9-27(28)41-30/h7-17,20,29H,1-6H3,(H,34,36)(H,37,38)(H,39,40)/p-1. The number of amides is 1. The highest BCUT2D eigenvalue weighted by Gasteiger charge is 2.30. The van der Waals surface area contributed by atoms with Crippen molar-refractivity contribution < 1.29 is 27.9 Å². The van der Waals surface area contributed by atoms with Gasteiger partial charge in [-0.25, -0.2) is 4.79 Å². The first-order chi connectivity index (χ1) is 19.8. The minimum absolute atomic E-state index is 0.164. The summed E-state index contributed by atoms with van der Waals surface area (Å²) >= 11 is -2.77. The number of furan rings is 1. The Morgan fingerprint density at radius 2 is 1.60 bits per heavy atom. The lowest BCUT2D eigenvalue weighted by molar-refractivity contribution is -0.139. The van der Waals surface area contributed by atoms with Crippen LogP contribution in [0.2, 0.25) is 0 Å². The summed E-state index contributed by atoms with van der Waals surface area (Å²) in [6.07, 6.45) is 0. The predicted molar refractivity (Wildman–Crippen MR) is 165 cm³/mol. The Balaban J connectivity index is 1.53. The van der Waals surface area contributed by atoms with E-state index in [2.05, 4.69) is 17.2 Å². The minimum Gasteiger partial charge on any atom is -0.755 e. The Hall–Kier alpha value is -4.39. The Bertz CT molecular complexity index is 1700. The van der Waals surface area contributed by atoms with E-state index in [4.69, 9.17) is 4.42 Å². The molecular formula is C33H33N2O6S-. The third-order valence-corrected chi connectivity index (χ3v) is 7.39. The number of carbonyl (C=O) groups excluding carboxylic acids is 1. The molecule has 0 aliphatic rings. The maximum atomic E-state index is 13.2.